The van der Waals surface area contributed by atoms with Gasteiger partial charge in [0.1, 0.15) is 12.1 Å². The van der Waals surface area contributed by atoms with Crippen molar-refractivity contribution in [2.24, 2.45) is 4.99 Å². The molecule has 0 aromatic heterocycles. The quantitative estimate of drug-likeness (QED) is 0.458. The van der Waals surface area contributed by atoms with Crippen LogP contribution < -0.4 is 10.6 Å². The number of esters is 1. The minimum absolute atomic E-state index is 0.0348. The van der Waals surface area contributed by atoms with Gasteiger partial charge in [-0.15, -0.1) is 0 Å². The maximum atomic E-state index is 11.9. The molecule has 0 spiro atoms. The molecule has 0 heterocycles. The molecule has 1 aromatic carbocycles. The number of amides is 1. The number of ether oxygens (including phenoxy) is 1. The SMILES string of the molecule is CCNC(=NCc1ccc(C(=O)N(C)C)cc1)NCC(=O)OC(C)(C)C. The molecular weight excluding hydrogens is 332 g/mol. The molecule has 0 radical (unpaired) electrons. The fraction of sp³-hybridized carbons (Fsp3) is 0.526. The Morgan fingerprint density at radius 1 is 1.12 bits per heavy atom. The Morgan fingerprint density at radius 3 is 2.23 bits per heavy atom. The van der Waals surface area contributed by atoms with Gasteiger partial charge in [-0.2, -0.15) is 0 Å². The summed E-state index contributed by atoms with van der Waals surface area (Å²) in [6.07, 6.45) is 0. The van der Waals surface area contributed by atoms with Crippen molar-refractivity contribution < 1.29 is 14.3 Å². The Morgan fingerprint density at radius 2 is 1.73 bits per heavy atom. The van der Waals surface area contributed by atoms with E-state index in [4.69, 9.17) is 4.74 Å². The zero-order valence-corrected chi connectivity index (χ0v) is 16.5. The maximum absolute atomic E-state index is 11.9. The number of hydrogen-bond donors (Lipinski definition) is 2. The van der Waals surface area contributed by atoms with Crippen LogP contribution in [0.15, 0.2) is 29.3 Å². The molecule has 0 fully saturated rings. The first-order valence-electron chi connectivity index (χ1n) is 8.67. The molecule has 0 saturated carbocycles. The fourth-order valence-electron chi connectivity index (χ4n) is 2.06. The van der Waals surface area contributed by atoms with Crippen molar-refractivity contribution in [1.29, 1.82) is 0 Å². The molecule has 0 aliphatic carbocycles. The third-order valence-electron chi connectivity index (χ3n) is 3.19. The minimum Gasteiger partial charge on any atom is -0.459 e. The van der Waals surface area contributed by atoms with Gasteiger partial charge in [0.2, 0.25) is 0 Å². The number of nitrogens with zero attached hydrogens (tertiary/aromatic N) is 2. The summed E-state index contributed by atoms with van der Waals surface area (Å²) in [4.78, 5) is 29.7. The zero-order valence-electron chi connectivity index (χ0n) is 16.5. The van der Waals surface area contributed by atoms with Crippen LogP contribution >= 0.6 is 0 Å². The van der Waals surface area contributed by atoms with Crippen LogP contribution in [0, 0.1) is 0 Å². The van der Waals surface area contributed by atoms with Crippen LogP contribution in [0.5, 0.6) is 0 Å². The molecule has 2 N–H and O–H groups in total. The Balaban J connectivity index is 2.65. The molecule has 1 rings (SSSR count). The molecule has 1 aromatic rings. The van der Waals surface area contributed by atoms with E-state index >= 15 is 0 Å². The van der Waals surface area contributed by atoms with Crippen molar-refractivity contribution in [2.45, 2.75) is 39.8 Å². The zero-order chi connectivity index (χ0) is 19.7. The predicted molar refractivity (Wildman–Crippen MR) is 103 cm³/mol. The van der Waals surface area contributed by atoms with Crippen LogP contribution in [0.2, 0.25) is 0 Å². The highest BCUT2D eigenvalue weighted by Gasteiger charge is 2.16. The summed E-state index contributed by atoms with van der Waals surface area (Å²) in [5.74, 6) is 0.161. The molecule has 0 aliphatic heterocycles. The average Bonchev–Trinajstić information content (AvgIpc) is 2.55. The maximum Gasteiger partial charge on any atom is 0.325 e. The first kappa shape index (κ1) is 21.5. The number of nitrogens with one attached hydrogen (secondary N) is 2. The van der Waals surface area contributed by atoms with Crippen molar-refractivity contribution in [2.75, 3.05) is 27.2 Å². The normalized spacial score (nSPS) is 11.7. The van der Waals surface area contributed by atoms with Gasteiger partial charge in [0, 0.05) is 26.2 Å². The van der Waals surface area contributed by atoms with E-state index < -0.39 is 5.60 Å². The second kappa shape index (κ2) is 9.79. The van der Waals surface area contributed by atoms with Gasteiger partial charge in [0.15, 0.2) is 5.96 Å². The molecule has 0 bridgehead atoms. The van der Waals surface area contributed by atoms with Crippen LogP contribution in [0.1, 0.15) is 43.6 Å². The Bertz CT molecular complexity index is 631. The Labute approximate surface area is 155 Å². The largest absolute Gasteiger partial charge is 0.459 e. The topological polar surface area (TPSA) is 83.0 Å². The lowest BCUT2D eigenvalue weighted by Gasteiger charge is -2.20. The van der Waals surface area contributed by atoms with Gasteiger partial charge in [-0.1, -0.05) is 12.1 Å². The highest BCUT2D eigenvalue weighted by atomic mass is 16.6. The van der Waals surface area contributed by atoms with Crippen molar-refractivity contribution >= 4 is 17.8 Å². The molecule has 0 unspecified atom stereocenters. The molecule has 0 aliphatic rings. The number of aliphatic imine (C=N–C) groups is 1. The van der Waals surface area contributed by atoms with E-state index in [1.165, 1.54) is 4.90 Å². The van der Waals surface area contributed by atoms with Crippen molar-refractivity contribution in [3.63, 3.8) is 0 Å². The standard InChI is InChI=1S/C19H30N4O3/c1-7-20-18(22-13-16(24)26-19(2,3)4)21-12-14-8-10-15(11-9-14)17(25)23(5)6/h8-11H,7,12-13H2,1-6H3,(H2,20,21,22). The average molecular weight is 362 g/mol. The first-order chi connectivity index (χ1) is 12.1. The van der Waals surface area contributed by atoms with Gasteiger partial charge in [0.05, 0.1) is 6.54 Å². The van der Waals surface area contributed by atoms with E-state index in [9.17, 15) is 9.59 Å². The minimum atomic E-state index is -0.514. The highest BCUT2D eigenvalue weighted by molar-refractivity contribution is 5.93. The van der Waals surface area contributed by atoms with Gasteiger partial charge < -0.3 is 20.3 Å². The van der Waals surface area contributed by atoms with Crippen LogP contribution in [-0.2, 0) is 16.1 Å². The summed E-state index contributed by atoms with van der Waals surface area (Å²) in [7, 11) is 3.44. The second-order valence-electron chi connectivity index (χ2n) is 7.03. The summed E-state index contributed by atoms with van der Waals surface area (Å²) >= 11 is 0. The number of benzene rings is 1. The first-order valence-corrected chi connectivity index (χ1v) is 8.67. The molecule has 7 nitrogen and oxygen atoms in total. The summed E-state index contributed by atoms with van der Waals surface area (Å²) < 4.78 is 5.26. The van der Waals surface area contributed by atoms with Gasteiger partial charge in [0.25, 0.3) is 5.91 Å². The molecule has 0 atom stereocenters. The van der Waals surface area contributed by atoms with Crippen LogP contribution in [-0.4, -0.2) is 55.5 Å². The van der Waals surface area contributed by atoms with E-state index in [0.29, 0.717) is 24.6 Å². The van der Waals surface area contributed by atoms with E-state index in [1.54, 1.807) is 26.2 Å². The van der Waals surface area contributed by atoms with Crippen LogP contribution in [0.4, 0.5) is 0 Å². The number of hydrogen-bond acceptors (Lipinski definition) is 4. The van der Waals surface area contributed by atoms with Gasteiger partial charge in [-0.05, 0) is 45.4 Å². The van der Waals surface area contributed by atoms with Crippen molar-refractivity contribution in [3.05, 3.63) is 35.4 Å². The van der Waals surface area contributed by atoms with Gasteiger partial charge in [-0.25, -0.2) is 4.99 Å². The Kier molecular flexibility index (Phi) is 8.09. The van der Waals surface area contributed by atoms with E-state index in [0.717, 1.165) is 5.56 Å². The third-order valence-corrected chi connectivity index (χ3v) is 3.19. The van der Waals surface area contributed by atoms with Crippen molar-refractivity contribution in [1.82, 2.24) is 15.5 Å². The number of carbonyl (C=O) groups excluding carboxylic acids is 2. The Hall–Kier alpha value is -2.57. The number of rotatable bonds is 6. The summed E-state index contributed by atoms with van der Waals surface area (Å²) in [6.45, 7) is 8.58. The molecule has 0 saturated heterocycles. The second-order valence-corrected chi connectivity index (χ2v) is 7.03. The molecule has 26 heavy (non-hydrogen) atoms. The summed E-state index contributed by atoms with van der Waals surface area (Å²) in [5, 5.41) is 6.05. The van der Waals surface area contributed by atoms with E-state index in [2.05, 4.69) is 15.6 Å². The fourth-order valence-corrected chi connectivity index (χ4v) is 2.06. The smallest absolute Gasteiger partial charge is 0.325 e. The van der Waals surface area contributed by atoms with E-state index in [-0.39, 0.29) is 18.4 Å². The predicted octanol–water partition coefficient (Wildman–Crippen LogP) is 1.79. The van der Waals surface area contributed by atoms with Gasteiger partial charge >= 0.3 is 5.97 Å². The van der Waals surface area contributed by atoms with Gasteiger partial charge in [-0.3, -0.25) is 9.59 Å². The monoisotopic (exact) mass is 362 g/mol. The molecular formula is C19H30N4O3. The lowest BCUT2D eigenvalue weighted by Crippen LogP contribution is -2.41. The summed E-state index contributed by atoms with van der Waals surface area (Å²) in [6, 6.07) is 7.32. The lowest BCUT2D eigenvalue weighted by molar-refractivity contribution is -0.153. The van der Waals surface area contributed by atoms with Crippen molar-refractivity contribution in [3.8, 4) is 0 Å². The van der Waals surface area contributed by atoms with Crippen LogP contribution in [0.3, 0.4) is 0 Å². The molecule has 1 amide bonds. The summed E-state index contributed by atoms with van der Waals surface area (Å²) in [5.41, 5.74) is 1.09. The highest BCUT2D eigenvalue weighted by Crippen LogP contribution is 2.08. The number of guanidine groups is 1. The lowest BCUT2D eigenvalue weighted by atomic mass is 10.1. The number of carbonyl (C=O) groups is 2. The van der Waals surface area contributed by atoms with E-state index in [1.807, 2.05) is 39.8 Å². The molecule has 144 valence electrons. The molecule has 7 heteroatoms. The van der Waals surface area contributed by atoms with Crippen LogP contribution in [0.25, 0.3) is 0 Å². The third kappa shape index (κ3) is 8.00.